The molecule has 1 aliphatic rings. The number of fused-ring (bicyclic) bond motifs is 1. The van der Waals surface area contributed by atoms with E-state index in [1.165, 1.54) is 0 Å². The molecular formula is C25H25N8O2S-. The van der Waals surface area contributed by atoms with Crippen LogP contribution >= 0.6 is 0 Å². The molecule has 0 saturated carbocycles. The lowest BCUT2D eigenvalue weighted by molar-refractivity contribution is 0.312. The lowest BCUT2D eigenvalue weighted by Gasteiger charge is -2.33. The van der Waals surface area contributed by atoms with Gasteiger partial charge in [0, 0.05) is 66.5 Å². The average Bonchev–Trinajstić information content (AvgIpc) is 2.89. The van der Waals surface area contributed by atoms with E-state index in [9.17, 15) is 8.76 Å². The van der Waals surface area contributed by atoms with Crippen molar-refractivity contribution >= 4 is 45.3 Å². The minimum atomic E-state index is -2.45. The molecule has 0 bridgehead atoms. The Hall–Kier alpha value is -3.93. The Bertz CT molecular complexity index is 1420. The van der Waals surface area contributed by atoms with Gasteiger partial charge in [-0.05, 0) is 36.9 Å². The standard InChI is InChI=1S/C25H26N8O2S/c1-17(31-36(34)35)18-4-3-5-19(14-18)23-24-20(8-9-26-23)15-28-25(30-24)29-21-6-7-22(27-16-21)33-12-10-32(2)11-13-33/h3-9,14-16,31H,1,10-13H2,2H3,(H,34,35)(H,28,29,30)/p-1. The highest BCUT2D eigenvalue weighted by molar-refractivity contribution is 7.77. The third-order valence-corrected chi connectivity index (χ3v) is 6.43. The quantitative estimate of drug-likeness (QED) is 0.368. The van der Waals surface area contributed by atoms with E-state index < -0.39 is 11.3 Å². The van der Waals surface area contributed by atoms with Crippen molar-refractivity contribution in [2.45, 2.75) is 0 Å². The molecule has 36 heavy (non-hydrogen) atoms. The van der Waals surface area contributed by atoms with Crippen LogP contribution in [0.5, 0.6) is 0 Å². The third-order valence-electron chi connectivity index (χ3n) is 6.02. The van der Waals surface area contributed by atoms with E-state index in [1.807, 2.05) is 36.4 Å². The van der Waals surface area contributed by atoms with E-state index in [0.29, 0.717) is 22.7 Å². The number of piperazine rings is 1. The fourth-order valence-corrected chi connectivity index (χ4v) is 4.37. The zero-order valence-electron chi connectivity index (χ0n) is 19.7. The second kappa shape index (κ2) is 10.4. The van der Waals surface area contributed by atoms with E-state index in [0.717, 1.165) is 48.6 Å². The molecule has 0 spiro atoms. The molecule has 4 aromatic rings. The number of likely N-dealkylation sites (N-methyl/N-ethyl adjacent to an activating group) is 1. The first-order valence-electron chi connectivity index (χ1n) is 11.4. The second-order valence-corrected chi connectivity index (χ2v) is 9.18. The number of aromatic nitrogens is 4. The number of nitrogens with zero attached hydrogens (tertiary/aromatic N) is 6. The van der Waals surface area contributed by atoms with Crippen molar-refractivity contribution in [1.82, 2.24) is 29.6 Å². The minimum Gasteiger partial charge on any atom is -0.755 e. The summed E-state index contributed by atoms with van der Waals surface area (Å²) in [6.07, 6.45) is 5.22. The minimum absolute atomic E-state index is 0.273. The highest BCUT2D eigenvalue weighted by atomic mass is 32.2. The first kappa shape index (κ1) is 23.8. The van der Waals surface area contributed by atoms with Gasteiger partial charge in [-0.3, -0.25) is 9.19 Å². The predicted octanol–water partition coefficient (Wildman–Crippen LogP) is 2.94. The molecule has 1 fully saturated rings. The fraction of sp³-hybridized carbons (Fsp3) is 0.200. The molecule has 184 valence electrons. The molecule has 1 atom stereocenters. The highest BCUT2D eigenvalue weighted by Crippen LogP contribution is 2.28. The molecule has 0 aliphatic carbocycles. The summed E-state index contributed by atoms with van der Waals surface area (Å²) in [5, 5.41) is 4.06. The smallest absolute Gasteiger partial charge is 0.227 e. The molecule has 1 aromatic carbocycles. The maximum atomic E-state index is 11.0. The van der Waals surface area contributed by atoms with E-state index >= 15 is 0 Å². The SMILES string of the molecule is C=C(NS(=O)[O-])c1cccc(-c2nccc3cnc(Nc4ccc(N5CCN(C)CC5)nc4)nc23)c1. The normalized spacial score (nSPS) is 15.0. The molecular weight excluding hydrogens is 476 g/mol. The van der Waals surface area contributed by atoms with Crippen LogP contribution in [0.1, 0.15) is 5.56 Å². The number of anilines is 3. The van der Waals surface area contributed by atoms with Crippen molar-refractivity contribution in [2.75, 3.05) is 43.4 Å². The lowest BCUT2D eigenvalue weighted by Crippen LogP contribution is -2.44. The Morgan fingerprint density at radius 3 is 2.64 bits per heavy atom. The number of hydrogen-bond acceptors (Lipinski definition) is 9. The van der Waals surface area contributed by atoms with Crippen LogP contribution < -0.4 is 14.9 Å². The van der Waals surface area contributed by atoms with Gasteiger partial charge in [0.2, 0.25) is 5.95 Å². The average molecular weight is 502 g/mol. The van der Waals surface area contributed by atoms with Crippen molar-refractivity contribution in [3.8, 4) is 11.3 Å². The van der Waals surface area contributed by atoms with Gasteiger partial charge in [0.1, 0.15) is 11.3 Å². The predicted molar refractivity (Wildman–Crippen MR) is 141 cm³/mol. The maximum Gasteiger partial charge on any atom is 0.227 e. The van der Waals surface area contributed by atoms with Gasteiger partial charge in [-0.1, -0.05) is 24.8 Å². The van der Waals surface area contributed by atoms with Crippen LogP contribution in [0.15, 0.2) is 67.6 Å². The van der Waals surface area contributed by atoms with Crippen LogP contribution in [-0.4, -0.2) is 66.8 Å². The van der Waals surface area contributed by atoms with Crippen molar-refractivity contribution in [2.24, 2.45) is 0 Å². The van der Waals surface area contributed by atoms with Crippen molar-refractivity contribution in [3.63, 3.8) is 0 Å². The van der Waals surface area contributed by atoms with Crippen LogP contribution in [0, 0.1) is 0 Å². The first-order valence-corrected chi connectivity index (χ1v) is 12.5. The van der Waals surface area contributed by atoms with Gasteiger partial charge in [0.15, 0.2) is 0 Å². The third kappa shape index (κ3) is 5.33. The maximum absolute atomic E-state index is 11.0. The number of hydrogen-bond donors (Lipinski definition) is 2. The van der Waals surface area contributed by atoms with Crippen LogP contribution in [0.25, 0.3) is 27.9 Å². The van der Waals surface area contributed by atoms with E-state index in [4.69, 9.17) is 4.98 Å². The summed E-state index contributed by atoms with van der Waals surface area (Å²) < 4.78 is 24.3. The number of benzene rings is 1. The van der Waals surface area contributed by atoms with Crippen molar-refractivity contribution in [3.05, 3.63) is 73.2 Å². The van der Waals surface area contributed by atoms with Gasteiger partial charge < -0.3 is 24.4 Å². The monoisotopic (exact) mass is 501 g/mol. The fourth-order valence-electron chi connectivity index (χ4n) is 4.05. The van der Waals surface area contributed by atoms with E-state index in [2.05, 4.69) is 48.4 Å². The van der Waals surface area contributed by atoms with Gasteiger partial charge in [0.05, 0.1) is 17.6 Å². The molecule has 11 heteroatoms. The Balaban J connectivity index is 1.40. The van der Waals surface area contributed by atoms with Gasteiger partial charge >= 0.3 is 0 Å². The Kier molecular flexibility index (Phi) is 6.85. The molecule has 4 heterocycles. The molecule has 1 aliphatic heterocycles. The summed E-state index contributed by atoms with van der Waals surface area (Å²) in [4.78, 5) is 22.9. The van der Waals surface area contributed by atoms with Gasteiger partial charge in [0.25, 0.3) is 0 Å². The largest absolute Gasteiger partial charge is 0.755 e. The van der Waals surface area contributed by atoms with Crippen LogP contribution in [-0.2, 0) is 11.3 Å². The second-order valence-electron chi connectivity index (χ2n) is 8.51. The topological polar surface area (TPSA) is 122 Å². The molecule has 10 nitrogen and oxygen atoms in total. The molecule has 5 rings (SSSR count). The molecule has 1 unspecified atom stereocenters. The number of pyridine rings is 2. The lowest BCUT2D eigenvalue weighted by atomic mass is 10.0. The first-order chi connectivity index (χ1) is 17.5. The summed E-state index contributed by atoms with van der Waals surface area (Å²) in [6.45, 7) is 7.75. The van der Waals surface area contributed by atoms with E-state index in [-0.39, 0.29) is 5.70 Å². The summed E-state index contributed by atoms with van der Waals surface area (Å²) in [5.74, 6) is 1.38. The van der Waals surface area contributed by atoms with E-state index in [1.54, 1.807) is 24.7 Å². The van der Waals surface area contributed by atoms with Crippen molar-refractivity contribution in [1.29, 1.82) is 0 Å². The summed E-state index contributed by atoms with van der Waals surface area (Å²) in [7, 11) is 2.13. The summed E-state index contributed by atoms with van der Waals surface area (Å²) >= 11 is -2.45. The highest BCUT2D eigenvalue weighted by Gasteiger charge is 2.15. The van der Waals surface area contributed by atoms with Gasteiger partial charge in [-0.25, -0.2) is 15.0 Å². The Labute approximate surface area is 211 Å². The van der Waals surface area contributed by atoms with Crippen LogP contribution in [0.4, 0.5) is 17.5 Å². The summed E-state index contributed by atoms with van der Waals surface area (Å²) in [6, 6.07) is 13.1. The van der Waals surface area contributed by atoms with Gasteiger partial charge in [-0.2, -0.15) is 0 Å². The van der Waals surface area contributed by atoms with Crippen LogP contribution in [0.2, 0.25) is 0 Å². The van der Waals surface area contributed by atoms with Crippen LogP contribution in [0.3, 0.4) is 0 Å². The molecule has 3 aromatic heterocycles. The Morgan fingerprint density at radius 1 is 1.06 bits per heavy atom. The molecule has 2 N–H and O–H groups in total. The molecule has 0 amide bonds. The zero-order valence-corrected chi connectivity index (χ0v) is 20.5. The number of nitrogens with one attached hydrogen (secondary N) is 2. The van der Waals surface area contributed by atoms with Crippen molar-refractivity contribution < 1.29 is 8.76 Å². The Morgan fingerprint density at radius 2 is 1.89 bits per heavy atom. The number of rotatable bonds is 7. The summed E-state index contributed by atoms with van der Waals surface area (Å²) in [5.41, 5.74) is 3.79. The zero-order chi connectivity index (χ0) is 25.1. The van der Waals surface area contributed by atoms with Gasteiger partial charge in [-0.15, -0.1) is 0 Å². The molecule has 1 saturated heterocycles. The molecule has 0 radical (unpaired) electrons.